The topological polar surface area (TPSA) is 85.0 Å². The van der Waals surface area contributed by atoms with E-state index in [0.717, 1.165) is 12.1 Å². The van der Waals surface area contributed by atoms with Crippen molar-refractivity contribution < 1.29 is 23.8 Å². The lowest BCUT2D eigenvalue weighted by atomic mass is 10.1. The largest absolute Gasteiger partial charge is 0.478 e. The lowest BCUT2D eigenvalue weighted by Crippen LogP contribution is -2.39. The second-order valence-corrected chi connectivity index (χ2v) is 4.69. The lowest BCUT2D eigenvalue weighted by Gasteiger charge is -2.32. The van der Waals surface area contributed by atoms with Gasteiger partial charge in [-0.25, -0.2) is 9.18 Å². The molecule has 1 aromatic carbocycles. The minimum atomic E-state index is -1.35. The van der Waals surface area contributed by atoms with Crippen LogP contribution in [0.1, 0.15) is 17.3 Å². The zero-order chi connectivity index (χ0) is 16.0. The Balaban J connectivity index is 3.17. The number of hydrogen-bond acceptors (Lipinski definition) is 5. The summed E-state index contributed by atoms with van der Waals surface area (Å²) in [6.07, 6.45) is 0. The van der Waals surface area contributed by atoms with Crippen molar-refractivity contribution in [3.8, 4) is 0 Å². The molecule has 0 saturated heterocycles. The van der Waals surface area contributed by atoms with E-state index in [9.17, 15) is 9.18 Å². The van der Waals surface area contributed by atoms with E-state index < -0.39 is 17.3 Å². The number of methoxy groups -OCH3 is 2. The van der Waals surface area contributed by atoms with Gasteiger partial charge in [0.2, 0.25) is 0 Å². The number of hydrogen-bond donors (Lipinski definition) is 2. The monoisotopic (exact) mass is 300 g/mol. The molecule has 0 amide bonds. The molecule has 0 spiro atoms. The second-order valence-electron chi connectivity index (χ2n) is 4.69. The lowest BCUT2D eigenvalue weighted by molar-refractivity contribution is 0.0692. The average molecular weight is 300 g/mol. The van der Waals surface area contributed by atoms with Crippen molar-refractivity contribution in [3.05, 3.63) is 23.5 Å². The van der Waals surface area contributed by atoms with E-state index in [1.54, 1.807) is 14.2 Å². The Morgan fingerprint density at radius 1 is 1.43 bits per heavy atom. The summed E-state index contributed by atoms with van der Waals surface area (Å²) in [6.45, 7) is 3.24. The average Bonchev–Trinajstić information content (AvgIpc) is 2.42. The highest BCUT2D eigenvalue weighted by Gasteiger charge is 2.20. The van der Waals surface area contributed by atoms with E-state index in [-0.39, 0.29) is 11.7 Å². The zero-order valence-electron chi connectivity index (χ0n) is 12.4. The molecule has 1 unspecified atom stereocenters. The smallest absolute Gasteiger partial charge is 0.338 e. The van der Waals surface area contributed by atoms with Gasteiger partial charge in [-0.3, -0.25) is 0 Å². The van der Waals surface area contributed by atoms with E-state index in [1.165, 1.54) is 0 Å². The van der Waals surface area contributed by atoms with Crippen LogP contribution in [0, 0.1) is 5.82 Å². The number of carbonyl (C=O) groups is 1. The summed E-state index contributed by atoms with van der Waals surface area (Å²) in [5.41, 5.74) is 6.07. The standard InChI is InChI=1S/C14H21FN2O4/c1-9(8-21-3)17(4-5-20-2)13-7-11(15)10(14(18)19)6-12(13)16/h6-7,9H,4-5,8,16H2,1-3H3,(H,18,19). The van der Waals surface area contributed by atoms with Crippen LogP contribution in [0.2, 0.25) is 0 Å². The molecule has 3 N–H and O–H groups in total. The van der Waals surface area contributed by atoms with Crippen LogP contribution in [0.3, 0.4) is 0 Å². The van der Waals surface area contributed by atoms with Crippen molar-refractivity contribution in [3.63, 3.8) is 0 Å². The van der Waals surface area contributed by atoms with E-state index in [1.807, 2.05) is 11.8 Å². The molecule has 0 aliphatic heterocycles. The van der Waals surface area contributed by atoms with Crippen molar-refractivity contribution in [2.75, 3.05) is 44.6 Å². The highest BCUT2D eigenvalue weighted by atomic mass is 19.1. The first-order chi connectivity index (χ1) is 9.92. The van der Waals surface area contributed by atoms with Gasteiger partial charge in [-0.2, -0.15) is 0 Å². The maximum atomic E-state index is 13.9. The Kier molecular flexibility index (Phi) is 6.39. The molecule has 0 bridgehead atoms. The van der Waals surface area contributed by atoms with Gasteiger partial charge in [0.05, 0.1) is 30.2 Å². The van der Waals surface area contributed by atoms with Gasteiger partial charge in [0.1, 0.15) is 5.82 Å². The number of aromatic carboxylic acids is 1. The molecular weight excluding hydrogens is 279 g/mol. The Morgan fingerprint density at radius 2 is 2.10 bits per heavy atom. The predicted molar refractivity (Wildman–Crippen MR) is 78.3 cm³/mol. The predicted octanol–water partition coefficient (Wildman–Crippen LogP) is 1.59. The Hall–Kier alpha value is -1.86. The van der Waals surface area contributed by atoms with Gasteiger partial charge in [0.25, 0.3) is 0 Å². The highest BCUT2D eigenvalue weighted by Crippen LogP contribution is 2.28. The molecule has 21 heavy (non-hydrogen) atoms. The van der Waals surface area contributed by atoms with E-state index >= 15 is 0 Å². The summed E-state index contributed by atoms with van der Waals surface area (Å²) >= 11 is 0. The molecule has 1 rings (SSSR count). The van der Waals surface area contributed by atoms with Crippen molar-refractivity contribution in [1.29, 1.82) is 0 Å². The van der Waals surface area contributed by atoms with E-state index in [2.05, 4.69) is 0 Å². The Bertz CT molecular complexity index is 496. The van der Waals surface area contributed by atoms with Crippen LogP contribution in [-0.2, 0) is 9.47 Å². The van der Waals surface area contributed by atoms with E-state index in [4.69, 9.17) is 20.3 Å². The number of rotatable bonds is 8. The quantitative estimate of drug-likeness (QED) is 0.709. The summed E-state index contributed by atoms with van der Waals surface area (Å²) < 4.78 is 24.0. The van der Waals surface area contributed by atoms with Gasteiger partial charge >= 0.3 is 5.97 Å². The number of anilines is 2. The number of ether oxygens (including phenoxy) is 2. The van der Waals surface area contributed by atoms with Gasteiger partial charge in [-0.15, -0.1) is 0 Å². The minimum Gasteiger partial charge on any atom is -0.478 e. The van der Waals surface area contributed by atoms with Crippen molar-refractivity contribution in [2.45, 2.75) is 13.0 Å². The molecule has 118 valence electrons. The summed E-state index contributed by atoms with van der Waals surface area (Å²) in [6, 6.07) is 2.20. The number of benzene rings is 1. The molecule has 0 aromatic heterocycles. The van der Waals surface area contributed by atoms with Crippen LogP contribution >= 0.6 is 0 Å². The molecule has 0 aliphatic carbocycles. The van der Waals surface area contributed by atoms with Crippen LogP contribution in [0.15, 0.2) is 12.1 Å². The molecule has 0 heterocycles. The number of carboxylic acids is 1. The molecular formula is C14H21FN2O4. The molecule has 1 atom stereocenters. The number of nitrogens with two attached hydrogens (primary N) is 1. The molecule has 6 nitrogen and oxygen atoms in total. The van der Waals surface area contributed by atoms with Crippen molar-refractivity contribution in [2.24, 2.45) is 0 Å². The third kappa shape index (κ3) is 4.30. The van der Waals surface area contributed by atoms with E-state index in [0.29, 0.717) is 25.4 Å². The SMILES string of the molecule is COCCN(c1cc(F)c(C(=O)O)cc1N)C(C)COC. The molecule has 0 fully saturated rings. The number of nitrogens with zero attached hydrogens (tertiary/aromatic N) is 1. The Morgan fingerprint density at radius 3 is 2.62 bits per heavy atom. The van der Waals surface area contributed by atoms with Crippen LogP contribution < -0.4 is 10.6 Å². The summed E-state index contributed by atoms with van der Waals surface area (Å²) in [4.78, 5) is 12.7. The first-order valence-electron chi connectivity index (χ1n) is 6.49. The molecule has 0 radical (unpaired) electrons. The van der Waals surface area contributed by atoms with Gasteiger partial charge in [-0.1, -0.05) is 0 Å². The van der Waals surface area contributed by atoms with Crippen LogP contribution in [-0.4, -0.2) is 51.1 Å². The number of nitrogen functional groups attached to an aromatic ring is 1. The normalized spacial score (nSPS) is 12.2. The number of carboxylic acid groups (broad SMARTS) is 1. The maximum Gasteiger partial charge on any atom is 0.338 e. The first-order valence-corrected chi connectivity index (χ1v) is 6.49. The number of halogens is 1. The summed E-state index contributed by atoms with van der Waals surface area (Å²) in [5.74, 6) is -2.17. The van der Waals surface area contributed by atoms with Crippen molar-refractivity contribution in [1.82, 2.24) is 0 Å². The second kappa shape index (κ2) is 7.80. The fourth-order valence-electron chi connectivity index (χ4n) is 2.09. The van der Waals surface area contributed by atoms with Gasteiger partial charge in [0.15, 0.2) is 0 Å². The molecule has 0 saturated carbocycles. The van der Waals surface area contributed by atoms with Gasteiger partial charge in [0, 0.05) is 32.9 Å². The highest BCUT2D eigenvalue weighted by molar-refractivity contribution is 5.91. The van der Waals surface area contributed by atoms with Gasteiger partial charge in [-0.05, 0) is 13.0 Å². The van der Waals surface area contributed by atoms with Crippen LogP contribution in [0.4, 0.5) is 15.8 Å². The minimum absolute atomic E-state index is 0.0671. The molecule has 1 aromatic rings. The fraction of sp³-hybridized carbons (Fsp3) is 0.500. The zero-order valence-corrected chi connectivity index (χ0v) is 12.4. The first kappa shape index (κ1) is 17.2. The van der Waals surface area contributed by atoms with Crippen LogP contribution in [0.5, 0.6) is 0 Å². The third-order valence-electron chi connectivity index (χ3n) is 3.13. The van der Waals surface area contributed by atoms with Crippen LogP contribution in [0.25, 0.3) is 0 Å². The molecule has 7 heteroatoms. The third-order valence-corrected chi connectivity index (χ3v) is 3.13. The van der Waals surface area contributed by atoms with Crippen molar-refractivity contribution >= 4 is 17.3 Å². The molecule has 0 aliphatic rings. The fourth-order valence-corrected chi connectivity index (χ4v) is 2.09. The summed E-state index contributed by atoms with van der Waals surface area (Å²) in [7, 11) is 3.14. The Labute approximate surface area is 123 Å². The van der Waals surface area contributed by atoms with Gasteiger partial charge < -0.3 is 25.2 Å². The maximum absolute atomic E-state index is 13.9. The summed E-state index contributed by atoms with van der Waals surface area (Å²) in [5, 5.41) is 8.91.